The maximum absolute atomic E-state index is 14.1. The average Bonchev–Trinajstić information content (AvgIpc) is 2.82. The molecule has 3 rings (SSSR count). The molecule has 0 saturated carbocycles. The third-order valence-electron chi connectivity index (χ3n) is 6.68. The van der Waals surface area contributed by atoms with Crippen LogP contribution < -0.4 is 0 Å². The van der Waals surface area contributed by atoms with Crippen molar-refractivity contribution >= 4 is 35.1 Å². The largest absolute Gasteiger partial charge is 0.467 e. The molecule has 1 aliphatic rings. The van der Waals surface area contributed by atoms with Crippen LogP contribution in [-0.2, 0) is 14.3 Å². The first-order chi connectivity index (χ1) is 16.1. The van der Waals surface area contributed by atoms with E-state index in [0.29, 0.717) is 22.9 Å². The Morgan fingerprint density at radius 2 is 1.85 bits per heavy atom. The summed E-state index contributed by atoms with van der Waals surface area (Å²) in [6.45, 7) is 3.15. The fourth-order valence-corrected chi connectivity index (χ4v) is 5.43. The zero-order valence-corrected chi connectivity index (χ0v) is 21.1. The third kappa shape index (κ3) is 5.41. The SMILES string of the molecule is CCC(C(=O)OC)N1C(=O)[C@@](C)(CC(O)CO)C[C@H](c2cccc(Cl)c2)C1c1ccc(Cl)cc1. The van der Waals surface area contributed by atoms with Crippen molar-refractivity contribution in [2.75, 3.05) is 13.7 Å². The van der Waals surface area contributed by atoms with E-state index in [9.17, 15) is 19.8 Å². The van der Waals surface area contributed by atoms with Gasteiger partial charge in [0, 0.05) is 21.4 Å². The van der Waals surface area contributed by atoms with Crippen molar-refractivity contribution in [2.24, 2.45) is 5.41 Å². The lowest BCUT2D eigenvalue weighted by atomic mass is 9.66. The molecular weight excluding hydrogens is 477 g/mol. The molecule has 1 amide bonds. The number of amides is 1. The van der Waals surface area contributed by atoms with Gasteiger partial charge in [0.25, 0.3) is 0 Å². The zero-order valence-electron chi connectivity index (χ0n) is 19.6. The second-order valence-corrected chi connectivity index (χ2v) is 10.00. The van der Waals surface area contributed by atoms with Gasteiger partial charge in [0.2, 0.25) is 5.91 Å². The van der Waals surface area contributed by atoms with E-state index in [2.05, 4.69) is 0 Å². The van der Waals surface area contributed by atoms with Gasteiger partial charge in [0.1, 0.15) is 6.04 Å². The Hall–Kier alpha value is -2.12. The van der Waals surface area contributed by atoms with Gasteiger partial charge in [-0.3, -0.25) is 4.79 Å². The number of methoxy groups -OCH3 is 1. The summed E-state index contributed by atoms with van der Waals surface area (Å²) < 4.78 is 5.07. The molecule has 5 atom stereocenters. The van der Waals surface area contributed by atoms with Gasteiger partial charge >= 0.3 is 5.97 Å². The van der Waals surface area contributed by atoms with Crippen LogP contribution in [0.25, 0.3) is 0 Å². The number of hydrogen-bond donors (Lipinski definition) is 2. The van der Waals surface area contributed by atoms with E-state index < -0.39 is 36.2 Å². The van der Waals surface area contributed by atoms with Crippen LogP contribution >= 0.6 is 23.2 Å². The molecule has 2 aromatic rings. The normalized spacial score (nSPS) is 24.6. The van der Waals surface area contributed by atoms with Crippen molar-refractivity contribution in [1.29, 1.82) is 0 Å². The number of halogens is 2. The predicted octanol–water partition coefficient (Wildman–Crippen LogP) is 4.75. The maximum atomic E-state index is 14.1. The summed E-state index contributed by atoms with van der Waals surface area (Å²) in [4.78, 5) is 28.6. The lowest BCUT2D eigenvalue weighted by Gasteiger charge is -2.51. The third-order valence-corrected chi connectivity index (χ3v) is 7.17. The number of likely N-dealkylation sites (tertiary alicyclic amines) is 1. The summed E-state index contributed by atoms with van der Waals surface area (Å²) in [5.74, 6) is -1.02. The summed E-state index contributed by atoms with van der Waals surface area (Å²) in [5, 5.41) is 20.9. The topological polar surface area (TPSA) is 87.1 Å². The van der Waals surface area contributed by atoms with Crippen LogP contribution in [0, 0.1) is 5.41 Å². The van der Waals surface area contributed by atoms with Gasteiger partial charge in [0.15, 0.2) is 0 Å². The zero-order chi connectivity index (χ0) is 25.0. The van der Waals surface area contributed by atoms with E-state index in [-0.39, 0.29) is 18.2 Å². The quantitative estimate of drug-likeness (QED) is 0.503. The van der Waals surface area contributed by atoms with Crippen LogP contribution in [0.2, 0.25) is 10.0 Å². The smallest absolute Gasteiger partial charge is 0.328 e. The number of ether oxygens (including phenoxy) is 1. The Labute approximate surface area is 210 Å². The van der Waals surface area contributed by atoms with Crippen LogP contribution in [0.4, 0.5) is 0 Å². The molecule has 0 spiro atoms. The number of rotatable bonds is 8. The van der Waals surface area contributed by atoms with E-state index in [1.165, 1.54) is 7.11 Å². The monoisotopic (exact) mass is 507 g/mol. The fourth-order valence-electron chi connectivity index (χ4n) is 5.11. The Balaban J connectivity index is 2.25. The van der Waals surface area contributed by atoms with Gasteiger partial charge < -0.3 is 19.8 Å². The molecule has 2 aromatic carbocycles. The molecule has 1 aliphatic heterocycles. The summed E-state index contributed by atoms with van der Waals surface area (Å²) in [6.07, 6.45) is -0.268. The van der Waals surface area contributed by atoms with Crippen molar-refractivity contribution in [3.05, 3.63) is 69.7 Å². The standard InChI is InChI=1S/C26H31Cl2NO5/c1-4-22(24(32)34-3)29-23(16-8-10-18(27)11-9-16)21(17-6-5-7-19(28)12-17)14-26(2,25(29)33)13-20(31)15-30/h5-12,20-23,30-31H,4,13-15H2,1-3H3/t20?,21-,22?,23?,26+/m1/s1. The highest BCUT2D eigenvalue weighted by atomic mass is 35.5. The number of carbonyl (C=O) groups is 2. The highest BCUT2D eigenvalue weighted by Crippen LogP contribution is 2.52. The van der Waals surface area contributed by atoms with Crippen LogP contribution in [0.15, 0.2) is 48.5 Å². The van der Waals surface area contributed by atoms with Crippen molar-refractivity contribution in [1.82, 2.24) is 4.90 Å². The molecule has 1 fully saturated rings. The number of hydrogen-bond acceptors (Lipinski definition) is 5. The van der Waals surface area contributed by atoms with Crippen LogP contribution in [0.5, 0.6) is 0 Å². The first-order valence-corrected chi connectivity index (χ1v) is 12.1. The maximum Gasteiger partial charge on any atom is 0.328 e. The lowest BCUT2D eigenvalue weighted by Crippen LogP contribution is -2.58. The molecule has 0 aromatic heterocycles. The van der Waals surface area contributed by atoms with E-state index in [1.54, 1.807) is 30.0 Å². The number of aliphatic hydroxyl groups is 2. The van der Waals surface area contributed by atoms with Crippen molar-refractivity contribution in [3.8, 4) is 0 Å². The molecule has 184 valence electrons. The van der Waals surface area contributed by atoms with Gasteiger partial charge in [-0.15, -0.1) is 0 Å². The highest BCUT2D eigenvalue weighted by Gasteiger charge is 2.53. The van der Waals surface area contributed by atoms with Gasteiger partial charge in [-0.25, -0.2) is 4.79 Å². The summed E-state index contributed by atoms with van der Waals surface area (Å²) in [6, 6.07) is 13.4. The molecule has 1 heterocycles. The minimum Gasteiger partial charge on any atom is -0.467 e. The first-order valence-electron chi connectivity index (χ1n) is 11.4. The first kappa shape index (κ1) is 26.5. The molecule has 6 nitrogen and oxygen atoms in total. The molecule has 0 bridgehead atoms. The summed E-state index contributed by atoms with van der Waals surface area (Å²) >= 11 is 12.5. The number of esters is 1. The minimum absolute atomic E-state index is 0.0564. The van der Waals surface area contributed by atoms with Gasteiger partial charge in [-0.05, 0) is 54.7 Å². The Kier molecular flexibility index (Phi) is 8.63. The number of benzene rings is 2. The lowest BCUT2D eigenvalue weighted by molar-refractivity contribution is -0.167. The number of piperidine rings is 1. The summed E-state index contributed by atoms with van der Waals surface area (Å²) in [7, 11) is 1.31. The second-order valence-electron chi connectivity index (χ2n) is 9.12. The summed E-state index contributed by atoms with van der Waals surface area (Å²) in [5.41, 5.74) is 0.712. The van der Waals surface area contributed by atoms with E-state index in [4.69, 9.17) is 27.9 Å². The van der Waals surface area contributed by atoms with Crippen molar-refractivity contribution < 1.29 is 24.5 Å². The highest BCUT2D eigenvalue weighted by molar-refractivity contribution is 6.30. The van der Waals surface area contributed by atoms with Crippen LogP contribution in [0.1, 0.15) is 56.2 Å². The van der Waals surface area contributed by atoms with E-state index in [0.717, 1.165) is 11.1 Å². The number of aliphatic hydroxyl groups excluding tert-OH is 2. The van der Waals surface area contributed by atoms with Gasteiger partial charge in [-0.2, -0.15) is 0 Å². The second kappa shape index (κ2) is 11.1. The molecule has 1 saturated heterocycles. The van der Waals surface area contributed by atoms with Crippen molar-refractivity contribution in [3.63, 3.8) is 0 Å². The predicted molar refractivity (Wildman–Crippen MR) is 132 cm³/mol. The molecule has 3 unspecified atom stereocenters. The number of nitrogens with zero attached hydrogens (tertiary/aromatic N) is 1. The van der Waals surface area contributed by atoms with E-state index in [1.807, 2.05) is 37.3 Å². The molecule has 8 heteroatoms. The molecule has 2 N–H and O–H groups in total. The molecule has 0 aliphatic carbocycles. The molecular formula is C26H31Cl2NO5. The number of carbonyl (C=O) groups excluding carboxylic acids is 2. The van der Waals surface area contributed by atoms with Gasteiger partial charge in [0.05, 0.1) is 25.9 Å². The molecule has 34 heavy (non-hydrogen) atoms. The molecule has 0 radical (unpaired) electrons. The van der Waals surface area contributed by atoms with Gasteiger partial charge in [-0.1, -0.05) is 61.3 Å². The van der Waals surface area contributed by atoms with Crippen LogP contribution in [0.3, 0.4) is 0 Å². The fraction of sp³-hybridized carbons (Fsp3) is 0.462. The average molecular weight is 508 g/mol. The minimum atomic E-state index is -1.07. The van der Waals surface area contributed by atoms with Crippen molar-refractivity contribution in [2.45, 2.75) is 57.2 Å². The Morgan fingerprint density at radius 3 is 2.41 bits per heavy atom. The van der Waals surface area contributed by atoms with E-state index >= 15 is 0 Å². The Morgan fingerprint density at radius 1 is 1.18 bits per heavy atom. The van der Waals surface area contributed by atoms with Crippen LogP contribution in [-0.4, -0.2) is 52.9 Å². The Bertz CT molecular complexity index is 1010.